The van der Waals surface area contributed by atoms with Crippen LogP contribution >= 0.6 is 0 Å². The van der Waals surface area contributed by atoms with E-state index in [-0.39, 0.29) is 6.04 Å². The Morgan fingerprint density at radius 1 is 1.14 bits per heavy atom. The first-order valence-electron chi connectivity index (χ1n) is 8.23. The molecule has 1 aliphatic carbocycles. The summed E-state index contributed by atoms with van der Waals surface area (Å²) in [6.07, 6.45) is 6.85. The summed E-state index contributed by atoms with van der Waals surface area (Å²) in [5, 5.41) is 3.59. The van der Waals surface area contributed by atoms with Gasteiger partial charge >= 0.3 is 0 Å². The van der Waals surface area contributed by atoms with E-state index in [1.165, 1.54) is 36.0 Å². The first-order chi connectivity index (χ1) is 10.3. The smallest absolute Gasteiger partial charge is 0.108 e. The fourth-order valence-corrected chi connectivity index (χ4v) is 3.21. The second-order valence-electron chi connectivity index (χ2n) is 5.94. The van der Waals surface area contributed by atoms with Crippen molar-refractivity contribution in [1.29, 1.82) is 0 Å². The van der Waals surface area contributed by atoms with Gasteiger partial charge in [-0.2, -0.15) is 0 Å². The van der Waals surface area contributed by atoms with Crippen molar-refractivity contribution in [2.75, 3.05) is 6.54 Å². The van der Waals surface area contributed by atoms with Gasteiger partial charge in [0.2, 0.25) is 0 Å². The Balaban J connectivity index is 1.86. The van der Waals surface area contributed by atoms with Gasteiger partial charge in [-0.3, -0.25) is 0 Å². The normalized spacial score (nSPS) is 16.7. The first-order valence-corrected chi connectivity index (χ1v) is 8.23. The quantitative estimate of drug-likeness (QED) is 0.823. The molecule has 1 saturated carbocycles. The molecule has 1 unspecified atom stereocenters. The lowest BCUT2D eigenvalue weighted by Crippen LogP contribution is -2.22. The summed E-state index contributed by atoms with van der Waals surface area (Å²) < 4.78 is 5.61. The van der Waals surface area contributed by atoms with Crippen molar-refractivity contribution in [3.8, 4) is 0 Å². The lowest BCUT2D eigenvalue weighted by Gasteiger charge is -2.26. The van der Waals surface area contributed by atoms with Gasteiger partial charge in [-0.15, -0.1) is 0 Å². The molecule has 3 rings (SSSR count). The molecule has 2 aromatic rings. The highest BCUT2D eigenvalue weighted by Crippen LogP contribution is 2.37. The van der Waals surface area contributed by atoms with Gasteiger partial charge < -0.3 is 9.73 Å². The Hall–Kier alpha value is -1.54. The Bertz CT molecular complexity index is 566. The third-order valence-electron chi connectivity index (χ3n) is 4.67. The van der Waals surface area contributed by atoms with Crippen molar-refractivity contribution in [1.82, 2.24) is 5.32 Å². The molecular formula is C19H25NO. The molecule has 21 heavy (non-hydrogen) atoms. The largest absolute Gasteiger partial charge is 0.469 e. The van der Waals surface area contributed by atoms with Crippen LogP contribution in [0.5, 0.6) is 0 Å². The summed E-state index contributed by atoms with van der Waals surface area (Å²) >= 11 is 0. The van der Waals surface area contributed by atoms with Crippen LogP contribution in [0.4, 0.5) is 0 Å². The van der Waals surface area contributed by atoms with Crippen molar-refractivity contribution in [2.24, 2.45) is 0 Å². The number of nitrogens with one attached hydrogen (secondary N) is 1. The molecule has 0 amide bonds. The molecule has 1 aliphatic rings. The zero-order chi connectivity index (χ0) is 14.7. The van der Waals surface area contributed by atoms with Gasteiger partial charge in [0.05, 0.1) is 12.3 Å². The predicted octanol–water partition coefficient (Wildman–Crippen LogP) is 4.81. The molecule has 0 radical (unpaired) electrons. The van der Waals surface area contributed by atoms with E-state index in [2.05, 4.69) is 49.5 Å². The molecule has 1 aromatic heterocycles. The molecule has 0 bridgehead atoms. The van der Waals surface area contributed by atoms with E-state index in [1.54, 1.807) is 6.26 Å². The molecule has 0 spiro atoms. The van der Waals surface area contributed by atoms with Crippen LogP contribution in [0, 0.1) is 0 Å². The predicted molar refractivity (Wildman–Crippen MR) is 86.6 cm³/mol. The number of benzene rings is 1. The molecule has 1 aromatic carbocycles. The molecule has 2 heteroatoms. The van der Waals surface area contributed by atoms with Crippen LogP contribution in [-0.2, 0) is 6.42 Å². The van der Waals surface area contributed by atoms with E-state index in [1.807, 2.05) is 0 Å². The first kappa shape index (κ1) is 14.4. The fraction of sp³-hybridized carbons (Fsp3) is 0.474. The highest BCUT2D eigenvalue weighted by atomic mass is 16.3. The van der Waals surface area contributed by atoms with Crippen molar-refractivity contribution >= 4 is 0 Å². The minimum absolute atomic E-state index is 0.235. The molecule has 0 saturated heterocycles. The second kappa shape index (κ2) is 6.48. The monoisotopic (exact) mass is 283 g/mol. The van der Waals surface area contributed by atoms with Crippen molar-refractivity contribution in [3.63, 3.8) is 0 Å². The van der Waals surface area contributed by atoms with Gasteiger partial charge in [0.1, 0.15) is 5.76 Å². The topological polar surface area (TPSA) is 25.2 Å². The van der Waals surface area contributed by atoms with E-state index >= 15 is 0 Å². The van der Waals surface area contributed by atoms with Crippen LogP contribution in [0.1, 0.15) is 67.5 Å². The summed E-state index contributed by atoms with van der Waals surface area (Å²) in [4.78, 5) is 0. The Kier molecular flexibility index (Phi) is 4.45. The zero-order valence-corrected chi connectivity index (χ0v) is 13.1. The van der Waals surface area contributed by atoms with Gasteiger partial charge in [-0.1, -0.05) is 44.5 Å². The lowest BCUT2D eigenvalue weighted by atomic mass is 9.79. The number of hydrogen-bond donors (Lipinski definition) is 1. The number of aryl methyl sites for hydroxylation is 1. The van der Waals surface area contributed by atoms with E-state index in [0.29, 0.717) is 0 Å². The molecule has 1 heterocycles. The van der Waals surface area contributed by atoms with Crippen LogP contribution in [-0.4, -0.2) is 6.54 Å². The minimum atomic E-state index is 0.235. The van der Waals surface area contributed by atoms with Crippen molar-refractivity contribution in [3.05, 3.63) is 59.0 Å². The third-order valence-corrected chi connectivity index (χ3v) is 4.67. The van der Waals surface area contributed by atoms with E-state index in [4.69, 9.17) is 4.42 Å². The van der Waals surface area contributed by atoms with Crippen LogP contribution in [0.25, 0.3) is 0 Å². The number of hydrogen-bond acceptors (Lipinski definition) is 2. The summed E-state index contributed by atoms with van der Waals surface area (Å²) in [5.41, 5.74) is 4.11. The van der Waals surface area contributed by atoms with Crippen LogP contribution in [0.15, 0.2) is 41.0 Å². The summed E-state index contributed by atoms with van der Waals surface area (Å²) in [6, 6.07) is 11.5. The van der Waals surface area contributed by atoms with E-state index < -0.39 is 0 Å². The molecule has 1 atom stereocenters. The van der Waals surface area contributed by atoms with Crippen molar-refractivity contribution in [2.45, 2.75) is 51.5 Å². The molecular weight excluding hydrogens is 258 g/mol. The Morgan fingerprint density at radius 2 is 1.90 bits per heavy atom. The van der Waals surface area contributed by atoms with Gasteiger partial charge in [0, 0.05) is 12.0 Å². The van der Waals surface area contributed by atoms with E-state index in [9.17, 15) is 0 Å². The second-order valence-corrected chi connectivity index (χ2v) is 5.94. The maximum absolute atomic E-state index is 5.61. The van der Waals surface area contributed by atoms with E-state index in [0.717, 1.165) is 24.6 Å². The standard InChI is InChI=1S/C19H25NO/c1-3-18-17(12-13-21-18)19(20-4-2)16-10-8-15(9-11-16)14-6-5-7-14/h8-14,19-20H,3-7H2,1-2H3. The van der Waals surface area contributed by atoms with Gasteiger partial charge in [0.25, 0.3) is 0 Å². The van der Waals surface area contributed by atoms with Crippen LogP contribution in [0.2, 0.25) is 0 Å². The van der Waals surface area contributed by atoms with Gasteiger partial charge in [-0.25, -0.2) is 0 Å². The minimum Gasteiger partial charge on any atom is -0.469 e. The highest BCUT2D eigenvalue weighted by Gasteiger charge is 2.21. The molecule has 112 valence electrons. The van der Waals surface area contributed by atoms with Crippen molar-refractivity contribution < 1.29 is 4.42 Å². The Morgan fingerprint density at radius 3 is 2.48 bits per heavy atom. The maximum atomic E-state index is 5.61. The van der Waals surface area contributed by atoms with Crippen LogP contribution < -0.4 is 5.32 Å². The van der Waals surface area contributed by atoms with Gasteiger partial charge in [-0.05, 0) is 42.5 Å². The zero-order valence-electron chi connectivity index (χ0n) is 13.1. The molecule has 0 aliphatic heterocycles. The van der Waals surface area contributed by atoms with Crippen LogP contribution in [0.3, 0.4) is 0 Å². The average molecular weight is 283 g/mol. The summed E-state index contributed by atoms with van der Waals surface area (Å²) in [6.45, 7) is 5.25. The molecule has 1 N–H and O–H groups in total. The fourth-order valence-electron chi connectivity index (χ4n) is 3.21. The molecule has 1 fully saturated rings. The number of rotatable bonds is 6. The Labute approximate surface area is 127 Å². The summed E-state index contributed by atoms with van der Waals surface area (Å²) in [5.74, 6) is 1.89. The third kappa shape index (κ3) is 2.91. The highest BCUT2D eigenvalue weighted by molar-refractivity contribution is 5.36. The number of furan rings is 1. The lowest BCUT2D eigenvalue weighted by molar-refractivity contribution is 0.419. The SMILES string of the molecule is CCNC(c1ccc(C2CCC2)cc1)c1ccoc1CC. The summed E-state index contributed by atoms with van der Waals surface area (Å²) in [7, 11) is 0. The maximum Gasteiger partial charge on any atom is 0.108 e. The van der Waals surface area contributed by atoms with Gasteiger partial charge in [0.15, 0.2) is 0 Å². The molecule has 2 nitrogen and oxygen atoms in total. The average Bonchev–Trinajstić information content (AvgIpc) is 2.92.